The Balaban J connectivity index is 1.50. The minimum atomic E-state index is -0.308. The van der Waals surface area contributed by atoms with Crippen LogP contribution in [0.2, 0.25) is 0 Å². The number of nitrogens with zero attached hydrogens (tertiary/aromatic N) is 1. The van der Waals surface area contributed by atoms with E-state index < -0.39 is 0 Å². The van der Waals surface area contributed by atoms with Gasteiger partial charge in [0, 0.05) is 12.5 Å². The molecule has 4 rings (SSSR count). The molecule has 1 heterocycles. The predicted octanol–water partition coefficient (Wildman–Crippen LogP) is 3.43. The van der Waals surface area contributed by atoms with Gasteiger partial charge >= 0.3 is 0 Å². The van der Waals surface area contributed by atoms with Crippen molar-refractivity contribution in [1.29, 1.82) is 0 Å². The van der Waals surface area contributed by atoms with Crippen LogP contribution in [0.3, 0.4) is 0 Å². The lowest BCUT2D eigenvalue weighted by Gasteiger charge is -2.32. The van der Waals surface area contributed by atoms with Gasteiger partial charge in [-0.25, -0.2) is 0 Å². The number of carbonyl (C=O) groups excluding carboxylic acids is 3. The van der Waals surface area contributed by atoms with Crippen LogP contribution in [0.15, 0.2) is 48.5 Å². The Morgan fingerprint density at radius 2 is 1.57 bits per heavy atom. The standard InChI is InChI=1S/C22H22N2O4/c25-19-12-6-5-11-18(19)23-20(26)15-8-2-1-7-14(15)13-24-21(27)16-9-3-4-10-17(16)22(24)28/h3-6,9-12,14-15,25H,1-2,7-8,13H2,(H,23,26). The number of carbonyl (C=O) groups is 3. The molecule has 0 aromatic heterocycles. The fourth-order valence-corrected chi connectivity index (χ4v) is 4.22. The summed E-state index contributed by atoms with van der Waals surface area (Å²) >= 11 is 0. The molecule has 2 aromatic rings. The first-order valence-electron chi connectivity index (χ1n) is 9.60. The number of aromatic hydroxyl groups is 1. The first kappa shape index (κ1) is 18.2. The molecule has 0 radical (unpaired) electrons. The Labute approximate surface area is 163 Å². The van der Waals surface area contributed by atoms with Crippen molar-refractivity contribution in [3.05, 3.63) is 59.7 Å². The van der Waals surface area contributed by atoms with Crippen LogP contribution in [-0.2, 0) is 4.79 Å². The zero-order chi connectivity index (χ0) is 19.7. The van der Waals surface area contributed by atoms with Gasteiger partial charge in [0.1, 0.15) is 5.75 Å². The molecule has 1 aliphatic heterocycles. The van der Waals surface area contributed by atoms with E-state index in [1.54, 1.807) is 42.5 Å². The number of fused-ring (bicyclic) bond motifs is 1. The van der Waals surface area contributed by atoms with Crippen LogP contribution in [0.25, 0.3) is 0 Å². The molecule has 6 nitrogen and oxygen atoms in total. The predicted molar refractivity (Wildman–Crippen MR) is 104 cm³/mol. The van der Waals surface area contributed by atoms with Crippen molar-refractivity contribution >= 4 is 23.4 Å². The van der Waals surface area contributed by atoms with Crippen LogP contribution in [0, 0.1) is 11.8 Å². The number of amides is 3. The summed E-state index contributed by atoms with van der Waals surface area (Å²) in [7, 11) is 0. The number of hydrogen-bond donors (Lipinski definition) is 2. The Morgan fingerprint density at radius 3 is 2.25 bits per heavy atom. The fourth-order valence-electron chi connectivity index (χ4n) is 4.22. The molecule has 144 valence electrons. The molecule has 28 heavy (non-hydrogen) atoms. The lowest BCUT2D eigenvalue weighted by atomic mass is 9.78. The molecule has 2 N–H and O–H groups in total. The molecular formula is C22H22N2O4. The highest BCUT2D eigenvalue weighted by Crippen LogP contribution is 2.34. The van der Waals surface area contributed by atoms with Crippen molar-refractivity contribution in [2.45, 2.75) is 25.7 Å². The number of rotatable bonds is 4. The first-order chi connectivity index (χ1) is 13.6. The molecule has 0 spiro atoms. The highest BCUT2D eigenvalue weighted by molar-refractivity contribution is 6.21. The summed E-state index contributed by atoms with van der Waals surface area (Å²) in [5, 5.41) is 12.7. The topological polar surface area (TPSA) is 86.7 Å². The molecule has 2 atom stereocenters. The largest absolute Gasteiger partial charge is 0.506 e. The van der Waals surface area contributed by atoms with Crippen molar-refractivity contribution in [2.24, 2.45) is 11.8 Å². The Hall–Kier alpha value is -3.15. The average Bonchev–Trinajstić information content (AvgIpc) is 2.95. The molecule has 0 bridgehead atoms. The summed E-state index contributed by atoms with van der Waals surface area (Å²) < 4.78 is 0. The molecule has 1 saturated carbocycles. The Morgan fingerprint density at radius 1 is 0.964 bits per heavy atom. The number of nitrogens with one attached hydrogen (secondary N) is 1. The second-order valence-electron chi connectivity index (χ2n) is 7.42. The van der Waals surface area contributed by atoms with E-state index in [0.29, 0.717) is 23.2 Å². The fraction of sp³-hybridized carbons (Fsp3) is 0.318. The van der Waals surface area contributed by atoms with E-state index in [0.717, 1.165) is 19.3 Å². The second-order valence-corrected chi connectivity index (χ2v) is 7.42. The van der Waals surface area contributed by atoms with Crippen LogP contribution in [0.4, 0.5) is 5.69 Å². The van der Waals surface area contributed by atoms with Gasteiger partial charge in [-0.15, -0.1) is 0 Å². The third-order valence-electron chi connectivity index (χ3n) is 5.70. The van der Waals surface area contributed by atoms with Crippen molar-refractivity contribution < 1.29 is 19.5 Å². The lowest BCUT2D eigenvalue weighted by Crippen LogP contribution is -2.41. The van der Waals surface area contributed by atoms with Gasteiger partial charge in [-0.05, 0) is 43.0 Å². The smallest absolute Gasteiger partial charge is 0.261 e. The maximum absolute atomic E-state index is 12.9. The van der Waals surface area contributed by atoms with Gasteiger partial charge in [-0.1, -0.05) is 37.1 Å². The van der Waals surface area contributed by atoms with Crippen LogP contribution in [0.5, 0.6) is 5.75 Å². The van der Waals surface area contributed by atoms with Crippen LogP contribution >= 0.6 is 0 Å². The van der Waals surface area contributed by atoms with Gasteiger partial charge in [-0.3, -0.25) is 19.3 Å². The highest BCUT2D eigenvalue weighted by Gasteiger charge is 2.40. The second kappa shape index (κ2) is 7.46. The number of hydrogen-bond acceptors (Lipinski definition) is 4. The number of para-hydroxylation sites is 2. The number of anilines is 1. The molecular weight excluding hydrogens is 356 g/mol. The third kappa shape index (κ3) is 3.26. The molecule has 6 heteroatoms. The lowest BCUT2D eigenvalue weighted by molar-refractivity contribution is -0.122. The number of phenols is 1. The maximum atomic E-state index is 12.9. The number of phenolic OH excluding ortho intramolecular Hbond substituents is 1. The highest BCUT2D eigenvalue weighted by atomic mass is 16.3. The summed E-state index contributed by atoms with van der Waals surface area (Å²) in [6, 6.07) is 13.4. The molecule has 0 saturated heterocycles. The summed E-state index contributed by atoms with van der Waals surface area (Å²) in [4.78, 5) is 39.5. The van der Waals surface area contributed by atoms with Gasteiger partial charge in [-0.2, -0.15) is 0 Å². The summed E-state index contributed by atoms with van der Waals surface area (Å²) in [5.74, 6) is -1.14. The summed E-state index contributed by atoms with van der Waals surface area (Å²) in [6.07, 6.45) is 3.38. The number of imide groups is 1. The van der Waals surface area contributed by atoms with E-state index in [1.807, 2.05) is 0 Å². The molecule has 2 aromatic carbocycles. The molecule has 1 fully saturated rings. The van der Waals surface area contributed by atoms with Gasteiger partial charge in [0.15, 0.2) is 0 Å². The van der Waals surface area contributed by atoms with Gasteiger partial charge < -0.3 is 10.4 Å². The SMILES string of the molecule is O=C(Nc1ccccc1O)C1CCCCC1CN1C(=O)c2ccccc2C1=O. The number of benzene rings is 2. The van der Waals surface area contributed by atoms with E-state index in [2.05, 4.69) is 5.32 Å². The minimum Gasteiger partial charge on any atom is -0.506 e. The van der Waals surface area contributed by atoms with E-state index in [-0.39, 0.29) is 41.9 Å². The monoisotopic (exact) mass is 378 g/mol. The van der Waals surface area contributed by atoms with Gasteiger partial charge in [0.2, 0.25) is 5.91 Å². The first-order valence-corrected chi connectivity index (χ1v) is 9.60. The Bertz CT molecular complexity index is 905. The van der Waals surface area contributed by atoms with E-state index in [1.165, 1.54) is 11.0 Å². The summed E-state index contributed by atoms with van der Waals surface area (Å²) in [6.45, 7) is 0.241. The minimum absolute atomic E-state index is 0.0172. The van der Waals surface area contributed by atoms with Crippen LogP contribution < -0.4 is 5.32 Å². The Kier molecular flexibility index (Phi) is 4.86. The van der Waals surface area contributed by atoms with Gasteiger partial charge in [0.05, 0.1) is 16.8 Å². The molecule has 1 aliphatic carbocycles. The summed E-state index contributed by atoms with van der Waals surface area (Å²) in [5.41, 5.74) is 1.23. The third-order valence-corrected chi connectivity index (χ3v) is 5.70. The van der Waals surface area contributed by atoms with Crippen LogP contribution in [-0.4, -0.2) is 34.3 Å². The average molecular weight is 378 g/mol. The van der Waals surface area contributed by atoms with Crippen molar-refractivity contribution in [2.75, 3.05) is 11.9 Å². The molecule has 3 amide bonds. The maximum Gasteiger partial charge on any atom is 0.261 e. The van der Waals surface area contributed by atoms with Crippen molar-refractivity contribution in [3.8, 4) is 5.75 Å². The normalized spacial score (nSPS) is 21.5. The quantitative estimate of drug-likeness (QED) is 0.630. The van der Waals surface area contributed by atoms with E-state index in [4.69, 9.17) is 0 Å². The molecule has 2 aliphatic rings. The van der Waals surface area contributed by atoms with Gasteiger partial charge in [0.25, 0.3) is 11.8 Å². The van der Waals surface area contributed by atoms with E-state index in [9.17, 15) is 19.5 Å². The van der Waals surface area contributed by atoms with E-state index >= 15 is 0 Å². The molecule has 2 unspecified atom stereocenters. The van der Waals surface area contributed by atoms with Crippen molar-refractivity contribution in [1.82, 2.24) is 4.90 Å². The van der Waals surface area contributed by atoms with Crippen LogP contribution in [0.1, 0.15) is 46.4 Å². The zero-order valence-corrected chi connectivity index (χ0v) is 15.4. The zero-order valence-electron chi connectivity index (χ0n) is 15.4. The van der Waals surface area contributed by atoms with Crippen molar-refractivity contribution in [3.63, 3.8) is 0 Å².